The molecule has 2 aliphatic rings. The number of aliphatic carboxylic acids is 1. The Bertz CT molecular complexity index is 396. The van der Waals surface area contributed by atoms with Crippen molar-refractivity contribution in [1.29, 1.82) is 0 Å². The molecular formula is C13H20N2O4. The Kier molecular flexibility index (Phi) is 4.07. The number of nitrogens with zero attached hydrogens (tertiary/aromatic N) is 1. The Balaban J connectivity index is 1.93. The zero-order valence-electron chi connectivity index (χ0n) is 10.9. The smallest absolute Gasteiger partial charge is 0.306 e. The van der Waals surface area contributed by atoms with E-state index >= 15 is 0 Å². The van der Waals surface area contributed by atoms with Crippen molar-refractivity contribution in [2.24, 2.45) is 23.5 Å². The molecule has 1 saturated heterocycles. The van der Waals surface area contributed by atoms with E-state index in [-0.39, 0.29) is 23.7 Å². The van der Waals surface area contributed by atoms with E-state index in [1.807, 2.05) is 0 Å². The van der Waals surface area contributed by atoms with Crippen LogP contribution >= 0.6 is 0 Å². The second-order valence-corrected chi connectivity index (χ2v) is 5.57. The molecular weight excluding hydrogens is 248 g/mol. The minimum absolute atomic E-state index is 0.00491. The van der Waals surface area contributed by atoms with Crippen LogP contribution in [0.4, 0.5) is 0 Å². The van der Waals surface area contributed by atoms with E-state index in [0.717, 1.165) is 12.8 Å². The minimum Gasteiger partial charge on any atom is -0.481 e. The van der Waals surface area contributed by atoms with Gasteiger partial charge in [0.15, 0.2) is 0 Å². The van der Waals surface area contributed by atoms with Gasteiger partial charge < -0.3 is 15.7 Å². The molecule has 0 spiro atoms. The van der Waals surface area contributed by atoms with Gasteiger partial charge in [-0.15, -0.1) is 0 Å². The highest BCUT2D eigenvalue weighted by Crippen LogP contribution is 2.31. The van der Waals surface area contributed by atoms with E-state index in [2.05, 4.69) is 0 Å². The van der Waals surface area contributed by atoms with Crippen molar-refractivity contribution >= 4 is 17.8 Å². The molecule has 3 unspecified atom stereocenters. The predicted molar refractivity (Wildman–Crippen MR) is 67.0 cm³/mol. The first-order valence-electron chi connectivity index (χ1n) is 6.80. The second kappa shape index (κ2) is 5.59. The normalized spacial score (nSPS) is 31.2. The van der Waals surface area contributed by atoms with Gasteiger partial charge >= 0.3 is 5.97 Å². The van der Waals surface area contributed by atoms with E-state index in [9.17, 15) is 14.4 Å². The molecule has 3 atom stereocenters. The summed E-state index contributed by atoms with van der Waals surface area (Å²) in [5, 5.41) is 9.03. The number of carbonyl (C=O) groups is 3. The third-order valence-corrected chi connectivity index (χ3v) is 4.27. The average molecular weight is 268 g/mol. The summed E-state index contributed by atoms with van der Waals surface area (Å²) in [7, 11) is 0. The lowest BCUT2D eigenvalue weighted by Crippen LogP contribution is -2.38. The summed E-state index contributed by atoms with van der Waals surface area (Å²) in [6.07, 6.45) is 3.23. The lowest BCUT2D eigenvalue weighted by molar-refractivity contribution is -0.145. The maximum Gasteiger partial charge on any atom is 0.306 e. The molecule has 19 heavy (non-hydrogen) atoms. The number of rotatable bonds is 3. The summed E-state index contributed by atoms with van der Waals surface area (Å²) in [5.41, 5.74) is 5.25. The molecule has 3 N–H and O–H groups in total. The lowest BCUT2D eigenvalue weighted by Gasteiger charge is -2.29. The molecule has 1 saturated carbocycles. The molecule has 6 heteroatoms. The van der Waals surface area contributed by atoms with Crippen LogP contribution in [-0.4, -0.2) is 40.9 Å². The van der Waals surface area contributed by atoms with Crippen LogP contribution in [0.3, 0.4) is 0 Å². The fourth-order valence-corrected chi connectivity index (χ4v) is 3.09. The van der Waals surface area contributed by atoms with Gasteiger partial charge in [-0.25, -0.2) is 0 Å². The fraction of sp³-hybridized carbons (Fsp3) is 0.769. The zero-order valence-corrected chi connectivity index (χ0v) is 10.9. The van der Waals surface area contributed by atoms with Crippen molar-refractivity contribution in [2.45, 2.75) is 32.1 Å². The van der Waals surface area contributed by atoms with Crippen LogP contribution in [0.5, 0.6) is 0 Å². The molecule has 1 aliphatic heterocycles. The summed E-state index contributed by atoms with van der Waals surface area (Å²) in [6, 6.07) is 0. The van der Waals surface area contributed by atoms with Crippen LogP contribution in [-0.2, 0) is 14.4 Å². The van der Waals surface area contributed by atoms with Crippen LogP contribution in [0, 0.1) is 17.8 Å². The molecule has 1 aliphatic carbocycles. The summed E-state index contributed by atoms with van der Waals surface area (Å²) in [5.74, 6) is -2.03. The van der Waals surface area contributed by atoms with E-state index in [4.69, 9.17) is 10.8 Å². The number of carbonyl (C=O) groups excluding carboxylic acids is 2. The molecule has 6 nitrogen and oxygen atoms in total. The molecule has 2 rings (SSSR count). The van der Waals surface area contributed by atoms with Gasteiger partial charge in [0, 0.05) is 19.0 Å². The Morgan fingerprint density at radius 1 is 1.05 bits per heavy atom. The first-order chi connectivity index (χ1) is 8.99. The van der Waals surface area contributed by atoms with Gasteiger partial charge in [0.2, 0.25) is 11.8 Å². The lowest BCUT2D eigenvalue weighted by atomic mass is 9.81. The fourth-order valence-electron chi connectivity index (χ4n) is 3.09. The maximum atomic E-state index is 12.3. The van der Waals surface area contributed by atoms with E-state index in [1.54, 1.807) is 4.90 Å². The number of likely N-dealkylation sites (tertiary alicyclic amines) is 1. The van der Waals surface area contributed by atoms with Gasteiger partial charge in [-0.05, 0) is 25.7 Å². The molecule has 2 fully saturated rings. The van der Waals surface area contributed by atoms with Crippen molar-refractivity contribution in [1.82, 2.24) is 4.90 Å². The molecule has 0 bridgehead atoms. The monoisotopic (exact) mass is 268 g/mol. The van der Waals surface area contributed by atoms with Crippen LogP contribution < -0.4 is 5.73 Å². The third-order valence-electron chi connectivity index (χ3n) is 4.27. The number of nitrogens with two attached hydrogens (primary N) is 1. The summed E-state index contributed by atoms with van der Waals surface area (Å²) < 4.78 is 0. The van der Waals surface area contributed by atoms with Crippen molar-refractivity contribution in [3.63, 3.8) is 0 Å². The highest BCUT2D eigenvalue weighted by molar-refractivity contribution is 5.83. The number of hydrogen-bond acceptors (Lipinski definition) is 3. The van der Waals surface area contributed by atoms with Crippen LogP contribution in [0.15, 0.2) is 0 Å². The van der Waals surface area contributed by atoms with Crippen molar-refractivity contribution in [2.75, 3.05) is 13.1 Å². The van der Waals surface area contributed by atoms with Crippen LogP contribution in [0.1, 0.15) is 32.1 Å². The predicted octanol–water partition coefficient (Wildman–Crippen LogP) is 0.211. The quantitative estimate of drug-likeness (QED) is 0.764. The van der Waals surface area contributed by atoms with Gasteiger partial charge in [0.05, 0.1) is 11.8 Å². The molecule has 0 aromatic rings. The standard InChI is InChI=1S/C13H20N2O4/c14-11(16)10-4-5-15(7-10)12(17)8-2-1-3-9(6-8)13(18)19/h8-10H,1-7H2,(H2,14,16)(H,18,19). The largest absolute Gasteiger partial charge is 0.481 e. The molecule has 1 heterocycles. The number of hydrogen-bond donors (Lipinski definition) is 2. The van der Waals surface area contributed by atoms with E-state index in [1.165, 1.54) is 0 Å². The topological polar surface area (TPSA) is 101 Å². The number of carboxylic acids is 1. The Morgan fingerprint density at radius 3 is 2.32 bits per heavy atom. The zero-order chi connectivity index (χ0) is 14.0. The molecule has 2 amide bonds. The Labute approximate surface area is 111 Å². The molecule has 0 radical (unpaired) electrons. The number of primary amides is 1. The molecule has 0 aromatic carbocycles. The molecule has 106 valence electrons. The first kappa shape index (κ1) is 13.8. The SMILES string of the molecule is NC(=O)C1CCN(C(=O)C2CCCC(C(=O)O)C2)C1. The van der Waals surface area contributed by atoms with E-state index < -0.39 is 11.9 Å². The van der Waals surface area contributed by atoms with E-state index in [0.29, 0.717) is 32.4 Å². The minimum atomic E-state index is -0.811. The van der Waals surface area contributed by atoms with Gasteiger partial charge in [-0.2, -0.15) is 0 Å². The van der Waals surface area contributed by atoms with Crippen LogP contribution in [0.2, 0.25) is 0 Å². The van der Waals surface area contributed by atoms with Crippen molar-refractivity contribution in [3.05, 3.63) is 0 Å². The van der Waals surface area contributed by atoms with Crippen LogP contribution in [0.25, 0.3) is 0 Å². The second-order valence-electron chi connectivity index (χ2n) is 5.57. The Morgan fingerprint density at radius 2 is 1.74 bits per heavy atom. The molecule has 0 aromatic heterocycles. The first-order valence-corrected chi connectivity index (χ1v) is 6.80. The van der Waals surface area contributed by atoms with Crippen molar-refractivity contribution < 1.29 is 19.5 Å². The number of amides is 2. The van der Waals surface area contributed by atoms with Gasteiger partial charge in [0.25, 0.3) is 0 Å². The maximum absolute atomic E-state index is 12.3. The van der Waals surface area contributed by atoms with Crippen molar-refractivity contribution in [3.8, 4) is 0 Å². The summed E-state index contributed by atoms with van der Waals surface area (Å²) in [4.78, 5) is 36.1. The third kappa shape index (κ3) is 3.05. The summed E-state index contributed by atoms with van der Waals surface area (Å²) in [6.45, 7) is 0.948. The average Bonchev–Trinajstić information content (AvgIpc) is 2.87. The number of carboxylic acid groups (broad SMARTS) is 1. The summed E-state index contributed by atoms with van der Waals surface area (Å²) >= 11 is 0. The van der Waals surface area contributed by atoms with Gasteiger partial charge in [-0.3, -0.25) is 14.4 Å². The Hall–Kier alpha value is -1.59. The van der Waals surface area contributed by atoms with Gasteiger partial charge in [-0.1, -0.05) is 6.42 Å². The highest BCUT2D eigenvalue weighted by Gasteiger charge is 2.36. The van der Waals surface area contributed by atoms with Gasteiger partial charge in [0.1, 0.15) is 0 Å². The highest BCUT2D eigenvalue weighted by atomic mass is 16.4.